The van der Waals surface area contributed by atoms with E-state index in [9.17, 15) is 13.2 Å². The van der Waals surface area contributed by atoms with Crippen LogP contribution in [0, 0.1) is 5.92 Å². The summed E-state index contributed by atoms with van der Waals surface area (Å²) in [7, 11) is -3.56. The van der Waals surface area contributed by atoms with Crippen molar-refractivity contribution in [3.05, 3.63) is 46.1 Å². The second-order valence-corrected chi connectivity index (χ2v) is 11.0. The predicted octanol–water partition coefficient (Wildman–Crippen LogP) is 1.46. The lowest BCUT2D eigenvalue weighted by molar-refractivity contribution is -0.134. The van der Waals surface area contributed by atoms with Crippen LogP contribution in [0.3, 0.4) is 0 Å². The summed E-state index contributed by atoms with van der Waals surface area (Å²) in [5.74, 6) is -0.619. The Bertz CT molecular complexity index is 1130. The van der Waals surface area contributed by atoms with Gasteiger partial charge in [-0.1, -0.05) is 12.5 Å². The lowest BCUT2D eigenvalue weighted by atomic mass is 9.84. The SMILES string of the molecule is CC(=O)O.O=c1c(CN2CCCCC2)ccc2n1C[C@H]1C[C@@H]2CN(S(=O)(=O)c2cn[nH]c2)C1. The molecule has 180 valence electrons. The smallest absolute Gasteiger partial charge is 0.300 e. The molecule has 2 saturated heterocycles. The van der Waals surface area contributed by atoms with Gasteiger partial charge < -0.3 is 9.67 Å². The number of aliphatic carboxylic acids is 1. The van der Waals surface area contributed by atoms with E-state index in [0.717, 1.165) is 44.2 Å². The number of carboxylic acids is 1. The minimum absolute atomic E-state index is 0.0564. The highest BCUT2D eigenvalue weighted by Crippen LogP contribution is 2.37. The molecule has 2 bridgehead atoms. The largest absolute Gasteiger partial charge is 0.481 e. The maximum atomic E-state index is 13.2. The maximum Gasteiger partial charge on any atom is 0.300 e. The normalized spacial score (nSPS) is 23.3. The average Bonchev–Trinajstić information content (AvgIpc) is 3.32. The monoisotopic (exact) mass is 477 g/mol. The first-order chi connectivity index (χ1) is 15.8. The molecular weight excluding hydrogens is 446 g/mol. The molecule has 11 heteroatoms. The molecular formula is C22H31N5O5S. The highest BCUT2D eigenvalue weighted by molar-refractivity contribution is 7.89. The number of sulfonamides is 1. The van der Waals surface area contributed by atoms with Crippen LogP contribution in [0.1, 0.15) is 49.8 Å². The number of nitrogens with one attached hydrogen (secondary N) is 1. The Morgan fingerprint density at radius 2 is 1.91 bits per heavy atom. The molecule has 3 aliphatic rings. The second-order valence-electron chi connectivity index (χ2n) is 9.11. The number of carboxylic acid groups (broad SMARTS) is 1. The third-order valence-electron chi connectivity index (χ3n) is 6.60. The van der Waals surface area contributed by atoms with Crippen molar-refractivity contribution >= 4 is 16.0 Å². The van der Waals surface area contributed by atoms with E-state index in [1.807, 2.05) is 10.6 Å². The number of H-pyrrole nitrogens is 1. The number of aromatic nitrogens is 3. The molecule has 0 amide bonds. The van der Waals surface area contributed by atoms with Gasteiger partial charge in [0, 0.05) is 56.5 Å². The maximum absolute atomic E-state index is 13.2. The minimum atomic E-state index is -3.56. The van der Waals surface area contributed by atoms with Gasteiger partial charge in [0.2, 0.25) is 10.0 Å². The summed E-state index contributed by atoms with van der Waals surface area (Å²) in [5.41, 5.74) is 1.94. The lowest BCUT2D eigenvalue weighted by Crippen LogP contribution is -2.49. The fourth-order valence-corrected chi connectivity index (χ4v) is 6.62. The number of pyridine rings is 1. The molecule has 2 atom stereocenters. The van der Waals surface area contributed by atoms with E-state index < -0.39 is 16.0 Å². The zero-order valence-corrected chi connectivity index (χ0v) is 19.6. The molecule has 0 aromatic carbocycles. The lowest BCUT2D eigenvalue weighted by Gasteiger charge is -2.42. The fourth-order valence-electron chi connectivity index (χ4n) is 5.15. The average molecular weight is 478 g/mol. The summed E-state index contributed by atoms with van der Waals surface area (Å²) < 4.78 is 29.3. The Balaban J connectivity index is 0.000000601. The van der Waals surface area contributed by atoms with Crippen LogP contribution in [0.2, 0.25) is 0 Å². The van der Waals surface area contributed by atoms with E-state index in [1.165, 1.54) is 31.7 Å². The van der Waals surface area contributed by atoms with Crippen LogP contribution >= 0.6 is 0 Å². The first kappa shape index (κ1) is 23.7. The first-order valence-corrected chi connectivity index (χ1v) is 12.8. The zero-order chi connectivity index (χ0) is 23.6. The van der Waals surface area contributed by atoms with Crippen molar-refractivity contribution in [2.75, 3.05) is 26.2 Å². The standard InChI is InChI=1S/C20H27N5O3S.C2H4O2/c26-20-16(13-23-6-2-1-3-7-23)4-5-19-17-8-15(12-25(19)20)11-24(14-17)29(27,28)18-9-21-22-10-18;1-2(3)4/h4-5,9-10,15,17H,1-3,6-8,11-14H2,(H,21,22);1H3,(H,3,4)/t15-,17+;/m0./s1. The van der Waals surface area contributed by atoms with Crippen LogP contribution in [0.15, 0.2) is 34.2 Å². The van der Waals surface area contributed by atoms with Gasteiger partial charge in [0.05, 0.1) is 6.20 Å². The van der Waals surface area contributed by atoms with Gasteiger partial charge >= 0.3 is 0 Å². The predicted molar refractivity (Wildman–Crippen MR) is 121 cm³/mol. The summed E-state index contributed by atoms with van der Waals surface area (Å²) in [6, 6.07) is 4.02. The van der Waals surface area contributed by atoms with Crippen molar-refractivity contribution in [1.82, 2.24) is 24.0 Å². The topological polar surface area (TPSA) is 129 Å². The Hall–Kier alpha value is -2.50. The van der Waals surface area contributed by atoms with E-state index in [1.54, 1.807) is 4.31 Å². The summed E-state index contributed by atoms with van der Waals surface area (Å²) in [6.45, 7) is 5.38. The minimum Gasteiger partial charge on any atom is -0.481 e. The van der Waals surface area contributed by atoms with Crippen molar-refractivity contribution in [3.63, 3.8) is 0 Å². The number of likely N-dealkylation sites (tertiary alicyclic amines) is 1. The molecule has 5 heterocycles. The van der Waals surface area contributed by atoms with E-state index in [2.05, 4.69) is 21.2 Å². The van der Waals surface area contributed by atoms with Gasteiger partial charge in [0.1, 0.15) is 4.90 Å². The second kappa shape index (κ2) is 9.78. The van der Waals surface area contributed by atoms with E-state index in [-0.39, 0.29) is 22.3 Å². The molecule has 2 aromatic heterocycles. The van der Waals surface area contributed by atoms with Crippen molar-refractivity contribution in [2.45, 2.75) is 56.5 Å². The summed E-state index contributed by atoms with van der Waals surface area (Å²) in [4.78, 5) is 24.7. The molecule has 0 aliphatic carbocycles. The number of aromatic amines is 1. The van der Waals surface area contributed by atoms with Gasteiger partial charge in [0.15, 0.2) is 0 Å². The molecule has 2 aromatic rings. The molecule has 0 spiro atoms. The number of nitrogens with zero attached hydrogens (tertiary/aromatic N) is 4. The van der Waals surface area contributed by atoms with Crippen molar-refractivity contribution in [2.24, 2.45) is 5.92 Å². The Morgan fingerprint density at radius 1 is 1.18 bits per heavy atom. The quantitative estimate of drug-likeness (QED) is 0.682. The van der Waals surface area contributed by atoms with Crippen molar-refractivity contribution in [1.29, 1.82) is 0 Å². The van der Waals surface area contributed by atoms with E-state index in [0.29, 0.717) is 19.6 Å². The highest BCUT2D eigenvalue weighted by Gasteiger charge is 2.40. The number of fused-ring (bicyclic) bond motifs is 4. The van der Waals surface area contributed by atoms with E-state index in [4.69, 9.17) is 9.90 Å². The van der Waals surface area contributed by atoms with Gasteiger partial charge in [0.25, 0.3) is 11.5 Å². The number of carbonyl (C=O) groups is 1. The summed E-state index contributed by atoms with van der Waals surface area (Å²) in [6.07, 6.45) is 7.40. The molecule has 5 rings (SSSR count). The van der Waals surface area contributed by atoms with Gasteiger partial charge in [-0.2, -0.15) is 9.40 Å². The number of hydrogen-bond acceptors (Lipinski definition) is 6. The van der Waals surface area contributed by atoms with Gasteiger partial charge in [-0.25, -0.2) is 8.42 Å². The van der Waals surface area contributed by atoms with E-state index >= 15 is 0 Å². The first-order valence-electron chi connectivity index (χ1n) is 11.4. The van der Waals surface area contributed by atoms with Crippen LogP contribution in [-0.4, -0.2) is 69.6 Å². The van der Waals surface area contributed by atoms with Crippen molar-refractivity contribution in [3.8, 4) is 0 Å². The number of hydrogen-bond donors (Lipinski definition) is 2. The van der Waals surface area contributed by atoms with Gasteiger partial charge in [-0.3, -0.25) is 19.6 Å². The highest BCUT2D eigenvalue weighted by atomic mass is 32.2. The molecule has 2 N–H and O–H groups in total. The van der Waals surface area contributed by atoms with Crippen LogP contribution in [-0.2, 0) is 27.9 Å². The van der Waals surface area contributed by atoms with Crippen LogP contribution in [0.25, 0.3) is 0 Å². The molecule has 0 saturated carbocycles. The molecule has 10 nitrogen and oxygen atoms in total. The molecule has 3 aliphatic heterocycles. The van der Waals surface area contributed by atoms with Gasteiger partial charge in [-0.05, 0) is 44.3 Å². The Labute approximate surface area is 193 Å². The molecule has 2 fully saturated rings. The van der Waals surface area contributed by atoms with Crippen molar-refractivity contribution < 1.29 is 18.3 Å². The third-order valence-corrected chi connectivity index (χ3v) is 8.40. The number of rotatable bonds is 4. The molecule has 0 radical (unpaired) electrons. The third kappa shape index (κ3) is 5.20. The Kier molecular flexibility index (Phi) is 7.01. The number of piperidine rings is 2. The van der Waals surface area contributed by atoms with Crippen LogP contribution < -0.4 is 5.56 Å². The molecule has 33 heavy (non-hydrogen) atoms. The van der Waals surface area contributed by atoms with Gasteiger partial charge in [-0.15, -0.1) is 0 Å². The summed E-state index contributed by atoms with van der Waals surface area (Å²) >= 11 is 0. The molecule has 0 unspecified atom stereocenters. The van der Waals surface area contributed by atoms with Crippen LogP contribution in [0.4, 0.5) is 0 Å². The Morgan fingerprint density at radius 3 is 2.58 bits per heavy atom. The fraction of sp³-hybridized carbons (Fsp3) is 0.591. The zero-order valence-electron chi connectivity index (χ0n) is 18.8. The summed E-state index contributed by atoms with van der Waals surface area (Å²) in [5, 5.41) is 13.8. The van der Waals surface area contributed by atoms with Crippen LogP contribution in [0.5, 0.6) is 0 Å².